The first kappa shape index (κ1) is 19.4. The minimum absolute atomic E-state index is 0.0381. The normalized spacial score (nSPS) is 15.5. The molecule has 1 amide bonds. The summed E-state index contributed by atoms with van der Waals surface area (Å²) >= 11 is 0. The second kappa shape index (κ2) is 9.05. The molecule has 0 radical (unpaired) electrons. The van der Waals surface area contributed by atoms with Gasteiger partial charge in [0.15, 0.2) is 5.65 Å². The Morgan fingerprint density at radius 3 is 2.76 bits per heavy atom. The van der Waals surface area contributed by atoms with E-state index < -0.39 is 0 Å². The summed E-state index contributed by atoms with van der Waals surface area (Å²) < 4.78 is 5.27. The molecular weight excluding hydrogens is 366 g/mol. The minimum Gasteiger partial charge on any atom is -0.497 e. The van der Waals surface area contributed by atoms with Crippen molar-refractivity contribution in [2.45, 2.75) is 31.7 Å². The molecule has 0 spiro atoms. The van der Waals surface area contributed by atoms with Crippen LogP contribution in [0.1, 0.15) is 36.7 Å². The average molecular weight is 393 g/mol. The van der Waals surface area contributed by atoms with Crippen LogP contribution in [0.2, 0.25) is 0 Å². The molecule has 7 heteroatoms. The van der Waals surface area contributed by atoms with Crippen LogP contribution in [0.5, 0.6) is 5.75 Å². The maximum atomic E-state index is 12.5. The number of H-pyrrole nitrogens is 1. The number of carbonyl (C=O) groups is 1. The summed E-state index contributed by atoms with van der Waals surface area (Å²) in [5, 5.41) is 3.12. The highest BCUT2D eigenvalue weighted by molar-refractivity contribution is 5.76. The molecule has 3 heterocycles. The number of rotatable bonds is 8. The largest absolute Gasteiger partial charge is 0.497 e. The van der Waals surface area contributed by atoms with E-state index in [1.54, 1.807) is 13.3 Å². The van der Waals surface area contributed by atoms with Gasteiger partial charge in [-0.05, 0) is 55.8 Å². The van der Waals surface area contributed by atoms with Crippen molar-refractivity contribution < 1.29 is 9.53 Å². The molecule has 2 N–H and O–H groups in total. The molecule has 152 valence electrons. The number of aromatic nitrogens is 3. The van der Waals surface area contributed by atoms with Gasteiger partial charge in [0.1, 0.15) is 11.6 Å². The van der Waals surface area contributed by atoms with Gasteiger partial charge < -0.3 is 15.0 Å². The number of hydrogen-bond acceptors (Lipinski definition) is 5. The van der Waals surface area contributed by atoms with E-state index >= 15 is 0 Å². The summed E-state index contributed by atoms with van der Waals surface area (Å²) in [7, 11) is 1.67. The molecule has 1 aliphatic heterocycles. The lowest BCUT2D eigenvalue weighted by atomic mass is 10.1. The number of imidazole rings is 1. The van der Waals surface area contributed by atoms with E-state index in [1.807, 2.05) is 24.3 Å². The van der Waals surface area contributed by atoms with Crippen LogP contribution >= 0.6 is 0 Å². The van der Waals surface area contributed by atoms with Crippen LogP contribution in [0.3, 0.4) is 0 Å². The van der Waals surface area contributed by atoms with Crippen molar-refractivity contribution >= 4 is 17.1 Å². The Labute approximate surface area is 170 Å². The lowest BCUT2D eigenvalue weighted by molar-refractivity contribution is -0.121. The number of ether oxygens (including phenoxy) is 1. The molecule has 7 nitrogen and oxygen atoms in total. The smallest absolute Gasteiger partial charge is 0.220 e. The zero-order valence-corrected chi connectivity index (χ0v) is 16.7. The molecule has 0 unspecified atom stereocenters. The van der Waals surface area contributed by atoms with Crippen molar-refractivity contribution in [2.75, 3.05) is 26.7 Å². The molecule has 0 aliphatic carbocycles. The number of pyridine rings is 1. The third-order valence-electron chi connectivity index (χ3n) is 5.47. The van der Waals surface area contributed by atoms with Gasteiger partial charge in [-0.2, -0.15) is 0 Å². The highest BCUT2D eigenvalue weighted by Crippen LogP contribution is 2.26. The quantitative estimate of drug-likeness (QED) is 0.615. The van der Waals surface area contributed by atoms with Crippen LogP contribution in [0.4, 0.5) is 0 Å². The second-order valence-electron chi connectivity index (χ2n) is 7.39. The van der Waals surface area contributed by atoms with E-state index in [0.717, 1.165) is 30.2 Å². The molecule has 1 fully saturated rings. The monoisotopic (exact) mass is 393 g/mol. The van der Waals surface area contributed by atoms with Gasteiger partial charge in [-0.3, -0.25) is 9.69 Å². The predicted molar refractivity (Wildman–Crippen MR) is 112 cm³/mol. The number of benzene rings is 1. The molecule has 3 aromatic rings. The summed E-state index contributed by atoms with van der Waals surface area (Å²) in [4.78, 5) is 26.8. The van der Waals surface area contributed by atoms with Crippen LogP contribution in [-0.4, -0.2) is 52.5 Å². The fourth-order valence-electron chi connectivity index (χ4n) is 3.88. The highest BCUT2D eigenvalue weighted by Gasteiger charge is 2.24. The molecule has 1 saturated heterocycles. The Morgan fingerprint density at radius 2 is 2.03 bits per heavy atom. The summed E-state index contributed by atoms with van der Waals surface area (Å²) in [6, 6.07) is 12.1. The molecule has 2 aromatic heterocycles. The van der Waals surface area contributed by atoms with E-state index in [9.17, 15) is 4.79 Å². The van der Waals surface area contributed by atoms with E-state index in [0.29, 0.717) is 25.0 Å². The maximum absolute atomic E-state index is 12.5. The van der Waals surface area contributed by atoms with Crippen molar-refractivity contribution in [1.29, 1.82) is 0 Å². The van der Waals surface area contributed by atoms with Crippen LogP contribution in [0, 0.1) is 0 Å². The second-order valence-corrected chi connectivity index (χ2v) is 7.39. The topological polar surface area (TPSA) is 83.1 Å². The van der Waals surface area contributed by atoms with Gasteiger partial charge in [-0.1, -0.05) is 12.1 Å². The summed E-state index contributed by atoms with van der Waals surface area (Å²) in [6.45, 7) is 2.74. The van der Waals surface area contributed by atoms with Gasteiger partial charge in [0.2, 0.25) is 5.91 Å². The number of carbonyl (C=O) groups excluding carboxylic acids is 1. The van der Waals surface area contributed by atoms with E-state index in [1.165, 1.54) is 18.4 Å². The highest BCUT2D eigenvalue weighted by atomic mass is 16.5. The number of likely N-dealkylation sites (tertiary alicyclic amines) is 1. The maximum Gasteiger partial charge on any atom is 0.220 e. The van der Waals surface area contributed by atoms with Crippen molar-refractivity contribution in [3.63, 3.8) is 0 Å². The zero-order chi connectivity index (χ0) is 20.1. The summed E-state index contributed by atoms with van der Waals surface area (Å²) in [5.74, 6) is 1.68. The number of aromatic amines is 1. The van der Waals surface area contributed by atoms with Gasteiger partial charge in [0.25, 0.3) is 0 Å². The molecule has 1 aromatic carbocycles. The van der Waals surface area contributed by atoms with Crippen LogP contribution < -0.4 is 10.1 Å². The van der Waals surface area contributed by atoms with Crippen LogP contribution in [-0.2, 0) is 11.2 Å². The number of fused-ring (bicyclic) bond motifs is 1. The Balaban J connectivity index is 1.35. The Kier molecular flexibility index (Phi) is 6.05. The van der Waals surface area contributed by atoms with Crippen molar-refractivity contribution in [1.82, 2.24) is 25.2 Å². The van der Waals surface area contributed by atoms with Crippen LogP contribution in [0.25, 0.3) is 11.2 Å². The molecule has 0 saturated carbocycles. The lowest BCUT2D eigenvalue weighted by Crippen LogP contribution is -2.36. The number of hydrogen-bond donors (Lipinski definition) is 2. The van der Waals surface area contributed by atoms with Gasteiger partial charge in [-0.15, -0.1) is 0 Å². The van der Waals surface area contributed by atoms with Gasteiger partial charge in [0, 0.05) is 25.6 Å². The van der Waals surface area contributed by atoms with Crippen molar-refractivity contribution in [2.24, 2.45) is 0 Å². The number of amides is 1. The first-order valence-electron chi connectivity index (χ1n) is 10.2. The van der Waals surface area contributed by atoms with Crippen molar-refractivity contribution in [3.05, 3.63) is 54.0 Å². The summed E-state index contributed by atoms with van der Waals surface area (Å²) in [5.41, 5.74) is 2.80. The van der Waals surface area contributed by atoms with E-state index in [-0.39, 0.29) is 11.9 Å². The number of nitrogens with one attached hydrogen (secondary N) is 2. The van der Waals surface area contributed by atoms with Gasteiger partial charge in [-0.25, -0.2) is 9.97 Å². The molecule has 29 heavy (non-hydrogen) atoms. The lowest BCUT2D eigenvalue weighted by Gasteiger charge is -2.28. The Hall–Kier alpha value is -2.93. The Bertz CT molecular complexity index is 914. The number of nitrogens with zero attached hydrogens (tertiary/aromatic N) is 3. The first-order valence-corrected chi connectivity index (χ1v) is 10.2. The van der Waals surface area contributed by atoms with E-state index in [4.69, 9.17) is 4.74 Å². The predicted octanol–water partition coefficient (Wildman–Crippen LogP) is 2.85. The Morgan fingerprint density at radius 1 is 1.24 bits per heavy atom. The van der Waals surface area contributed by atoms with Crippen LogP contribution in [0.15, 0.2) is 42.6 Å². The van der Waals surface area contributed by atoms with Crippen molar-refractivity contribution in [3.8, 4) is 5.75 Å². The third-order valence-corrected chi connectivity index (χ3v) is 5.47. The molecular formula is C22H27N5O2. The molecule has 1 atom stereocenters. The fraction of sp³-hybridized carbons (Fsp3) is 0.409. The number of methoxy groups -OCH3 is 1. The summed E-state index contributed by atoms with van der Waals surface area (Å²) in [6.07, 6.45) is 5.10. The first-order chi connectivity index (χ1) is 14.2. The molecule has 0 bridgehead atoms. The fourth-order valence-corrected chi connectivity index (χ4v) is 3.88. The zero-order valence-electron chi connectivity index (χ0n) is 16.7. The standard InChI is InChI=1S/C22H27N5O2/c1-29-17-8-6-16(7-9-17)19(27-13-2-3-14-27)15-24-21(28)11-10-20-25-18-5-4-12-23-22(18)26-20/h4-9,12,19H,2-3,10-11,13-15H2,1H3,(H,24,28)(H,23,25,26)/t19-/m0/s1. The van der Waals surface area contributed by atoms with Gasteiger partial charge >= 0.3 is 0 Å². The van der Waals surface area contributed by atoms with Gasteiger partial charge in [0.05, 0.1) is 18.7 Å². The SMILES string of the molecule is COc1ccc([C@H](CNC(=O)CCc2nc3ncccc3[nH]2)N2CCCC2)cc1. The number of aryl methyl sites for hydroxylation is 1. The molecule has 1 aliphatic rings. The minimum atomic E-state index is 0.0381. The van der Waals surface area contributed by atoms with E-state index in [2.05, 4.69) is 37.3 Å². The average Bonchev–Trinajstić information content (AvgIpc) is 3.42. The molecule has 4 rings (SSSR count). The third kappa shape index (κ3) is 4.74.